The summed E-state index contributed by atoms with van der Waals surface area (Å²) < 4.78 is 5.29. The van der Waals surface area contributed by atoms with Crippen molar-refractivity contribution in [1.29, 1.82) is 0 Å². The van der Waals surface area contributed by atoms with Crippen molar-refractivity contribution in [2.75, 3.05) is 13.1 Å². The number of hydrogen-bond acceptors (Lipinski definition) is 5. The zero-order chi connectivity index (χ0) is 14.7. The Kier molecular flexibility index (Phi) is 3.50. The minimum absolute atomic E-state index is 0.159. The maximum Gasteiger partial charge on any atom is 0.325 e. The molecule has 1 saturated heterocycles. The first-order valence-electron chi connectivity index (χ1n) is 6.42. The highest BCUT2D eigenvalue weighted by molar-refractivity contribution is 5.94. The van der Waals surface area contributed by atoms with Gasteiger partial charge in [-0.15, -0.1) is 0 Å². The topological polar surface area (TPSA) is 100 Å². The molecule has 0 radical (unpaired) electrons. The molecule has 1 aliphatic heterocycles. The van der Waals surface area contributed by atoms with Crippen LogP contribution < -0.4 is 10.6 Å². The van der Waals surface area contributed by atoms with E-state index in [0.717, 1.165) is 4.90 Å². The summed E-state index contributed by atoms with van der Waals surface area (Å²) in [6.07, 6.45) is 4.63. The lowest BCUT2D eigenvalue weighted by molar-refractivity contribution is 0.198. The number of amides is 4. The molecule has 3 heterocycles. The highest BCUT2D eigenvalue weighted by atomic mass is 16.3. The van der Waals surface area contributed by atoms with Crippen LogP contribution in [0.5, 0.6) is 0 Å². The quantitative estimate of drug-likeness (QED) is 0.876. The Morgan fingerprint density at radius 2 is 2.29 bits per heavy atom. The Morgan fingerprint density at radius 1 is 1.43 bits per heavy atom. The van der Waals surface area contributed by atoms with Crippen molar-refractivity contribution in [2.24, 2.45) is 0 Å². The molecule has 0 bridgehead atoms. The van der Waals surface area contributed by atoms with Gasteiger partial charge in [-0.05, 0) is 12.1 Å². The molecule has 0 unspecified atom stereocenters. The van der Waals surface area contributed by atoms with E-state index in [2.05, 4.69) is 20.6 Å². The third-order valence-electron chi connectivity index (χ3n) is 3.04. The molecule has 2 aromatic heterocycles. The maximum atomic E-state index is 11.9. The summed E-state index contributed by atoms with van der Waals surface area (Å²) in [5.41, 5.74) is 1.13. The average molecular weight is 287 g/mol. The smallest absolute Gasteiger partial charge is 0.325 e. The Balaban J connectivity index is 1.71. The van der Waals surface area contributed by atoms with Gasteiger partial charge in [-0.2, -0.15) is 0 Å². The largest absolute Gasteiger partial charge is 0.463 e. The summed E-state index contributed by atoms with van der Waals surface area (Å²) in [7, 11) is 0. The van der Waals surface area contributed by atoms with Gasteiger partial charge in [-0.1, -0.05) is 0 Å². The molecule has 0 spiro atoms. The first-order chi connectivity index (χ1) is 10.3. The lowest BCUT2D eigenvalue weighted by Crippen LogP contribution is -2.41. The van der Waals surface area contributed by atoms with Crippen molar-refractivity contribution in [3.05, 3.63) is 36.5 Å². The minimum atomic E-state index is -0.457. The van der Waals surface area contributed by atoms with E-state index in [9.17, 15) is 9.59 Å². The van der Waals surface area contributed by atoms with Gasteiger partial charge < -0.3 is 15.1 Å². The van der Waals surface area contributed by atoms with Gasteiger partial charge in [0, 0.05) is 25.5 Å². The van der Waals surface area contributed by atoms with Crippen LogP contribution in [0, 0.1) is 0 Å². The molecular formula is C13H13N5O3. The van der Waals surface area contributed by atoms with Crippen LogP contribution >= 0.6 is 0 Å². The van der Waals surface area contributed by atoms with Gasteiger partial charge in [0.25, 0.3) is 0 Å². The Hall–Kier alpha value is -2.90. The maximum absolute atomic E-state index is 11.9. The Bertz CT molecular complexity index is 656. The number of imide groups is 1. The van der Waals surface area contributed by atoms with E-state index in [1.807, 2.05) is 0 Å². The van der Waals surface area contributed by atoms with E-state index in [4.69, 9.17) is 4.42 Å². The summed E-state index contributed by atoms with van der Waals surface area (Å²) in [5, 5.41) is 5.22. The lowest BCUT2D eigenvalue weighted by Gasteiger charge is -2.13. The Morgan fingerprint density at radius 3 is 3.00 bits per heavy atom. The van der Waals surface area contributed by atoms with Crippen molar-refractivity contribution in [2.45, 2.75) is 6.54 Å². The highest BCUT2D eigenvalue weighted by Crippen LogP contribution is 2.19. The number of carbonyl (C=O) groups excluding carboxylic acids is 2. The molecule has 8 heteroatoms. The van der Waals surface area contributed by atoms with Crippen molar-refractivity contribution in [3.63, 3.8) is 0 Å². The van der Waals surface area contributed by atoms with E-state index in [0.29, 0.717) is 30.2 Å². The number of rotatable bonds is 3. The normalized spacial score (nSPS) is 14.1. The summed E-state index contributed by atoms with van der Waals surface area (Å²) in [6, 6.07) is 2.67. The van der Waals surface area contributed by atoms with Gasteiger partial charge in [0.15, 0.2) is 5.76 Å². The number of furan rings is 1. The van der Waals surface area contributed by atoms with Crippen LogP contribution in [-0.2, 0) is 6.54 Å². The molecule has 108 valence electrons. The van der Waals surface area contributed by atoms with Crippen LogP contribution in [0.3, 0.4) is 0 Å². The monoisotopic (exact) mass is 287 g/mol. The molecule has 0 aromatic carbocycles. The molecule has 0 aliphatic carbocycles. The molecule has 21 heavy (non-hydrogen) atoms. The van der Waals surface area contributed by atoms with Crippen molar-refractivity contribution >= 4 is 12.1 Å². The average Bonchev–Trinajstić information content (AvgIpc) is 3.16. The summed E-state index contributed by atoms with van der Waals surface area (Å²) in [6.45, 7) is 0.984. The van der Waals surface area contributed by atoms with Gasteiger partial charge in [-0.3, -0.25) is 4.98 Å². The van der Waals surface area contributed by atoms with Crippen molar-refractivity contribution in [1.82, 2.24) is 25.5 Å². The zero-order valence-corrected chi connectivity index (χ0v) is 11.1. The Labute approximate surface area is 120 Å². The molecule has 2 N–H and O–H groups in total. The fraction of sp³-hybridized carbons (Fsp3) is 0.231. The van der Waals surface area contributed by atoms with Crippen molar-refractivity contribution in [3.8, 4) is 11.5 Å². The summed E-state index contributed by atoms with van der Waals surface area (Å²) >= 11 is 0. The molecule has 3 rings (SSSR count). The fourth-order valence-corrected chi connectivity index (χ4v) is 2.04. The SMILES string of the molecule is O=C1NCCN1C(=O)NCc1nccnc1-c1ccco1. The van der Waals surface area contributed by atoms with Crippen LogP contribution in [-0.4, -0.2) is 40.0 Å². The second-order valence-electron chi connectivity index (χ2n) is 4.37. The molecule has 4 amide bonds. The standard InChI is InChI=1S/C13H13N5O3/c19-12-16-5-6-18(12)13(20)17-8-9-11(15-4-3-14-9)10-2-1-7-21-10/h1-4,7H,5-6,8H2,(H,16,19)(H,17,20). The van der Waals surface area contributed by atoms with Gasteiger partial charge >= 0.3 is 12.1 Å². The molecule has 0 saturated carbocycles. The first kappa shape index (κ1) is 13.1. The van der Waals surface area contributed by atoms with E-state index >= 15 is 0 Å². The lowest BCUT2D eigenvalue weighted by atomic mass is 10.2. The number of nitrogens with one attached hydrogen (secondary N) is 2. The van der Waals surface area contributed by atoms with E-state index in [-0.39, 0.29) is 6.54 Å². The number of urea groups is 2. The van der Waals surface area contributed by atoms with Gasteiger partial charge in [0.1, 0.15) is 5.69 Å². The summed E-state index contributed by atoms with van der Waals surface area (Å²) in [4.78, 5) is 32.8. The summed E-state index contributed by atoms with van der Waals surface area (Å²) in [5.74, 6) is 0.575. The second-order valence-corrected chi connectivity index (χ2v) is 4.37. The van der Waals surface area contributed by atoms with E-state index < -0.39 is 12.1 Å². The van der Waals surface area contributed by atoms with E-state index in [1.54, 1.807) is 24.6 Å². The molecular weight excluding hydrogens is 274 g/mol. The molecule has 0 atom stereocenters. The van der Waals surface area contributed by atoms with Crippen LogP contribution in [0.1, 0.15) is 5.69 Å². The molecule has 2 aromatic rings. The molecule has 1 fully saturated rings. The van der Waals surface area contributed by atoms with Crippen LogP contribution in [0.4, 0.5) is 9.59 Å². The third kappa shape index (κ3) is 2.69. The highest BCUT2D eigenvalue weighted by Gasteiger charge is 2.26. The van der Waals surface area contributed by atoms with Crippen LogP contribution in [0.15, 0.2) is 35.2 Å². The first-order valence-corrected chi connectivity index (χ1v) is 6.42. The number of hydrogen-bond donors (Lipinski definition) is 2. The van der Waals surface area contributed by atoms with Gasteiger partial charge in [0.2, 0.25) is 0 Å². The second kappa shape index (κ2) is 5.61. The van der Waals surface area contributed by atoms with Crippen molar-refractivity contribution < 1.29 is 14.0 Å². The number of nitrogens with zero attached hydrogens (tertiary/aromatic N) is 3. The third-order valence-corrected chi connectivity index (χ3v) is 3.04. The zero-order valence-electron chi connectivity index (χ0n) is 11.1. The number of carbonyl (C=O) groups is 2. The van der Waals surface area contributed by atoms with Crippen LogP contribution in [0.2, 0.25) is 0 Å². The predicted octanol–water partition coefficient (Wildman–Crippen LogP) is 0.971. The van der Waals surface area contributed by atoms with Gasteiger partial charge in [-0.25, -0.2) is 19.5 Å². The molecule has 1 aliphatic rings. The fourth-order valence-electron chi connectivity index (χ4n) is 2.04. The minimum Gasteiger partial charge on any atom is -0.463 e. The predicted molar refractivity (Wildman–Crippen MR) is 72.1 cm³/mol. The molecule has 8 nitrogen and oxygen atoms in total. The van der Waals surface area contributed by atoms with Crippen LogP contribution in [0.25, 0.3) is 11.5 Å². The number of aromatic nitrogens is 2. The van der Waals surface area contributed by atoms with E-state index in [1.165, 1.54) is 6.20 Å². The van der Waals surface area contributed by atoms with Gasteiger partial charge in [0.05, 0.1) is 18.5 Å².